The zero-order chi connectivity index (χ0) is 28.9. The van der Waals surface area contributed by atoms with Crippen molar-refractivity contribution < 1.29 is 23.9 Å². The molecule has 1 aliphatic rings. The largest absolute Gasteiger partial charge is 0.489 e. The Bertz CT molecular complexity index is 1650. The number of carbonyl (C=O) groups is 3. The standard InChI is InChI=1S/C32H24BrClN2O5/c1-20-5-7-21(8-6-20)18-40-26-12-10-25(11-13-26)36-31(38)27(30(37)35-32(36)39)16-22-9-14-29(28(33)17-22)41-19-23-3-2-4-24(34)15-23/h2-17H,18-19H2,1H3,(H,35,37,39)/b27-16+. The van der Waals surface area contributed by atoms with E-state index >= 15 is 0 Å². The van der Waals surface area contributed by atoms with Crippen molar-refractivity contribution in [1.29, 1.82) is 0 Å². The normalized spacial score (nSPS) is 14.3. The number of nitrogens with zero attached hydrogens (tertiary/aromatic N) is 1. The van der Waals surface area contributed by atoms with E-state index in [4.69, 9.17) is 21.1 Å². The molecule has 0 unspecified atom stereocenters. The fraction of sp³-hybridized carbons (Fsp3) is 0.0938. The predicted molar refractivity (Wildman–Crippen MR) is 161 cm³/mol. The van der Waals surface area contributed by atoms with Crippen molar-refractivity contribution >= 4 is 57.1 Å². The maximum Gasteiger partial charge on any atom is 0.335 e. The molecule has 4 aromatic rings. The van der Waals surface area contributed by atoms with Crippen LogP contribution in [-0.2, 0) is 22.8 Å². The second-order valence-electron chi connectivity index (χ2n) is 9.33. The Hall–Kier alpha value is -4.40. The molecule has 0 saturated carbocycles. The van der Waals surface area contributed by atoms with Gasteiger partial charge in [-0.05, 0) is 94.2 Å². The van der Waals surface area contributed by atoms with Crippen LogP contribution < -0.4 is 19.7 Å². The summed E-state index contributed by atoms with van der Waals surface area (Å²) in [5, 5.41) is 2.87. The minimum absolute atomic E-state index is 0.177. The maximum absolute atomic E-state index is 13.3. The van der Waals surface area contributed by atoms with Crippen molar-refractivity contribution in [3.05, 3.63) is 128 Å². The molecule has 0 aromatic heterocycles. The summed E-state index contributed by atoms with van der Waals surface area (Å²) in [6.45, 7) is 2.71. The second-order valence-corrected chi connectivity index (χ2v) is 10.6. The van der Waals surface area contributed by atoms with Gasteiger partial charge in [0.25, 0.3) is 11.8 Å². The molecule has 4 aromatic carbocycles. The Balaban J connectivity index is 1.29. The summed E-state index contributed by atoms with van der Waals surface area (Å²) >= 11 is 9.52. The lowest BCUT2D eigenvalue weighted by Crippen LogP contribution is -2.54. The molecule has 41 heavy (non-hydrogen) atoms. The molecule has 1 heterocycles. The molecule has 0 spiro atoms. The van der Waals surface area contributed by atoms with Crippen LogP contribution in [-0.4, -0.2) is 17.8 Å². The number of ether oxygens (including phenoxy) is 2. The fourth-order valence-corrected chi connectivity index (χ4v) is 4.84. The first-order valence-corrected chi connectivity index (χ1v) is 13.8. The number of amides is 4. The zero-order valence-corrected chi connectivity index (χ0v) is 24.2. The Morgan fingerprint density at radius 2 is 1.59 bits per heavy atom. The smallest absolute Gasteiger partial charge is 0.335 e. The van der Waals surface area contributed by atoms with E-state index in [0.29, 0.717) is 45.5 Å². The second kappa shape index (κ2) is 12.4. The van der Waals surface area contributed by atoms with Gasteiger partial charge in [0.2, 0.25) is 0 Å². The van der Waals surface area contributed by atoms with Crippen LogP contribution in [0.3, 0.4) is 0 Å². The van der Waals surface area contributed by atoms with Crippen LogP contribution in [0.15, 0.2) is 101 Å². The summed E-state index contributed by atoms with van der Waals surface area (Å²) < 4.78 is 12.3. The Morgan fingerprint density at radius 1 is 0.854 bits per heavy atom. The number of halogens is 2. The van der Waals surface area contributed by atoms with Crippen molar-refractivity contribution in [3.8, 4) is 11.5 Å². The van der Waals surface area contributed by atoms with E-state index in [-0.39, 0.29) is 5.57 Å². The summed E-state index contributed by atoms with van der Waals surface area (Å²) in [6.07, 6.45) is 1.43. The third-order valence-corrected chi connectivity index (χ3v) is 7.13. The van der Waals surface area contributed by atoms with Gasteiger partial charge < -0.3 is 9.47 Å². The van der Waals surface area contributed by atoms with Gasteiger partial charge in [-0.2, -0.15) is 0 Å². The van der Waals surface area contributed by atoms with Crippen LogP contribution in [0.1, 0.15) is 22.3 Å². The average molecular weight is 632 g/mol. The highest BCUT2D eigenvalue weighted by Crippen LogP contribution is 2.29. The van der Waals surface area contributed by atoms with Crippen LogP contribution in [0, 0.1) is 6.92 Å². The third kappa shape index (κ3) is 6.85. The number of anilines is 1. The summed E-state index contributed by atoms with van der Waals surface area (Å²) in [4.78, 5) is 39.5. The van der Waals surface area contributed by atoms with Crippen LogP contribution in [0.5, 0.6) is 11.5 Å². The molecule has 7 nitrogen and oxygen atoms in total. The number of hydrogen-bond donors (Lipinski definition) is 1. The van der Waals surface area contributed by atoms with Gasteiger partial charge in [-0.15, -0.1) is 0 Å². The summed E-state index contributed by atoms with van der Waals surface area (Å²) in [5.41, 5.74) is 3.79. The number of carbonyl (C=O) groups excluding carboxylic acids is 3. The quantitative estimate of drug-likeness (QED) is 0.164. The van der Waals surface area contributed by atoms with Gasteiger partial charge in [0.15, 0.2) is 0 Å². The monoisotopic (exact) mass is 630 g/mol. The molecular formula is C32H24BrClN2O5. The van der Waals surface area contributed by atoms with Crippen molar-refractivity contribution in [2.24, 2.45) is 0 Å². The number of nitrogens with one attached hydrogen (secondary N) is 1. The SMILES string of the molecule is Cc1ccc(COc2ccc(N3C(=O)NC(=O)/C(=C\c4ccc(OCc5cccc(Cl)c5)c(Br)c4)C3=O)cc2)cc1. The molecular weight excluding hydrogens is 608 g/mol. The highest BCUT2D eigenvalue weighted by molar-refractivity contribution is 9.10. The van der Waals surface area contributed by atoms with E-state index in [0.717, 1.165) is 21.6 Å². The highest BCUT2D eigenvalue weighted by Gasteiger charge is 2.36. The Morgan fingerprint density at radius 3 is 2.29 bits per heavy atom. The van der Waals surface area contributed by atoms with E-state index in [2.05, 4.69) is 21.2 Å². The first kappa shape index (κ1) is 28.1. The van der Waals surface area contributed by atoms with Gasteiger partial charge >= 0.3 is 6.03 Å². The summed E-state index contributed by atoms with van der Waals surface area (Å²) in [5.74, 6) is -0.349. The molecule has 5 rings (SSSR count). The predicted octanol–water partition coefficient (Wildman–Crippen LogP) is 7.24. The first-order chi connectivity index (χ1) is 19.8. The van der Waals surface area contributed by atoms with Gasteiger partial charge in [-0.25, -0.2) is 9.69 Å². The van der Waals surface area contributed by atoms with Gasteiger partial charge in [0.05, 0.1) is 10.2 Å². The number of hydrogen-bond acceptors (Lipinski definition) is 5. The van der Waals surface area contributed by atoms with Crippen molar-refractivity contribution in [3.63, 3.8) is 0 Å². The number of barbiturate groups is 1. The number of imide groups is 2. The minimum atomic E-state index is -0.823. The van der Waals surface area contributed by atoms with E-state index in [1.54, 1.807) is 48.5 Å². The van der Waals surface area contributed by atoms with Crippen LogP contribution in [0.2, 0.25) is 5.02 Å². The molecule has 1 N–H and O–H groups in total. The van der Waals surface area contributed by atoms with Crippen molar-refractivity contribution in [2.75, 3.05) is 4.90 Å². The van der Waals surface area contributed by atoms with Crippen LogP contribution >= 0.6 is 27.5 Å². The average Bonchev–Trinajstić information content (AvgIpc) is 2.95. The lowest BCUT2D eigenvalue weighted by Gasteiger charge is -2.26. The van der Waals surface area contributed by atoms with Gasteiger partial charge in [0.1, 0.15) is 30.3 Å². The maximum atomic E-state index is 13.3. The molecule has 0 aliphatic carbocycles. The zero-order valence-electron chi connectivity index (χ0n) is 21.9. The molecule has 9 heteroatoms. The number of rotatable bonds is 8. The van der Waals surface area contributed by atoms with Gasteiger partial charge in [-0.3, -0.25) is 14.9 Å². The number of urea groups is 1. The first-order valence-electron chi connectivity index (χ1n) is 12.6. The van der Waals surface area contributed by atoms with Crippen molar-refractivity contribution in [2.45, 2.75) is 20.1 Å². The summed E-state index contributed by atoms with van der Waals surface area (Å²) in [7, 11) is 0. The lowest BCUT2D eigenvalue weighted by atomic mass is 10.1. The molecule has 1 aliphatic heterocycles. The van der Waals surface area contributed by atoms with E-state index in [1.165, 1.54) is 6.08 Å². The Labute approximate surface area is 250 Å². The molecule has 206 valence electrons. The van der Waals surface area contributed by atoms with E-state index in [1.807, 2.05) is 49.4 Å². The topological polar surface area (TPSA) is 84.9 Å². The fourth-order valence-electron chi connectivity index (χ4n) is 4.11. The van der Waals surface area contributed by atoms with Gasteiger partial charge in [-0.1, -0.05) is 59.6 Å². The van der Waals surface area contributed by atoms with Gasteiger partial charge in [0, 0.05) is 5.02 Å². The minimum Gasteiger partial charge on any atom is -0.489 e. The molecule has 0 atom stereocenters. The number of benzene rings is 4. The van der Waals surface area contributed by atoms with Crippen LogP contribution in [0.25, 0.3) is 6.08 Å². The highest BCUT2D eigenvalue weighted by atomic mass is 79.9. The number of aryl methyl sites for hydroxylation is 1. The van der Waals surface area contributed by atoms with E-state index < -0.39 is 17.8 Å². The van der Waals surface area contributed by atoms with Crippen molar-refractivity contribution in [1.82, 2.24) is 5.32 Å². The molecule has 1 saturated heterocycles. The molecule has 0 radical (unpaired) electrons. The molecule has 4 amide bonds. The summed E-state index contributed by atoms with van der Waals surface area (Å²) in [6, 6.07) is 26.2. The molecule has 1 fully saturated rings. The Kier molecular flexibility index (Phi) is 8.52. The lowest BCUT2D eigenvalue weighted by molar-refractivity contribution is -0.122. The third-order valence-electron chi connectivity index (χ3n) is 6.27. The molecule has 0 bridgehead atoms. The van der Waals surface area contributed by atoms with E-state index in [9.17, 15) is 14.4 Å². The van der Waals surface area contributed by atoms with Crippen LogP contribution in [0.4, 0.5) is 10.5 Å².